The van der Waals surface area contributed by atoms with E-state index in [9.17, 15) is 19.8 Å². The summed E-state index contributed by atoms with van der Waals surface area (Å²) in [5, 5.41) is 19.1. The van der Waals surface area contributed by atoms with Gasteiger partial charge in [-0.25, -0.2) is 9.59 Å². The Morgan fingerprint density at radius 2 is 1.43 bits per heavy atom. The van der Waals surface area contributed by atoms with Gasteiger partial charge in [-0.2, -0.15) is 0 Å². The first kappa shape index (κ1) is 24.2. The third-order valence-electron chi connectivity index (χ3n) is 5.36. The minimum Gasteiger partial charge on any atom is -0.478 e. The molecule has 0 amide bonds. The summed E-state index contributed by atoms with van der Waals surface area (Å²) in [6, 6.07) is 3.31. The summed E-state index contributed by atoms with van der Waals surface area (Å²) >= 11 is 0. The monoisotopic (exact) mass is 390 g/mol. The molecule has 1 aromatic carbocycles. The molecule has 0 aliphatic rings. The fourth-order valence-corrected chi connectivity index (χ4v) is 3.76. The molecule has 0 heterocycles. The van der Waals surface area contributed by atoms with E-state index in [0.29, 0.717) is 12.3 Å². The molecular weight excluding hydrogens is 352 g/mol. The zero-order valence-corrected chi connectivity index (χ0v) is 17.9. The SMILES string of the molecule is CCCCCCCc1ccc(C(=O)O)c(C(=O)O)c1CCCCCCC(C)C. The number of unbranched alkanes of at least 4 members (excludes halogenated alkanes) is 7. The molecule has 0 bridgehead atoms. The van der Waals surface area contributed by atoms with Crippen LogP contribution in [0.1, 0.15) is 117 Å². The third-order valence-corrected chi connectivity index (χ3v) is 5.36. The molecule has 0 spiro atoms. The van der Waals surface area contributed by atoms with Gasteiger partial charge in [0.1, 0.15) is 0 Å². The highest BCUT2D eigenvalue weighted by Crippen LogP contribution is 2.25. The molecule has 0 fully saturated rings. The minimum absolute atomic E-state index is 0.000684. The first-order valence-corrected chi connectivity index (χ1v) is 11.0. The first-order valence-electron chi connectivity index (χ1n) is 11.0. The zero-order chi connectivity index (χ0) is 20.9. The molecule has 0 saturated heterocycles. The van der Waals surface area contributed by atoms with Gasteiger partial charge in [-0.05, 0) is 48.8 Å². The zero-order valence-electron chi connectivity index (χ0n) is 17.9. The van der Waals surface area contributed by atoms with Crippen molar-refractivity contribution in [1.82, 2.24) is 0 Å². The van der Waals surface area contributed by atoms with E-state index in [0.717, 1.165) is 49.7 Å². The summed E-state index contributed by atoms with van der Waals surface area (Å²) in [6.07, 6.45) is 12.8. The molecule has 4 nitrogen and oxygen atoms in total. The average Bonchev–Trinajstić information content (AvgIpc) is 2.63. The van der Waals surface area contributed by atoms with Gasteiger partial charge in [-0.15, -0.1) is 0 Å². The number of aromatic carboxylic acids is 2. The molecule has 2 N–H and O–H groups in total. The minimum atomic E-state index is -1.16. The van der Waals surface area contributed by atoms with Gasteiger partial charge in [0.25, 0.3) is 0 Å². The Kier molecular flexibility index (Phi) is 11.5. The Balaban J connectivity index is 2.87. The second-order valence-electron chi connectivity index (χ2n) is 8.25. The maximum Gasteiger partial charge on any atom is 0.336 e. The quantitative estimate of drug-likeness (QED) is 0.325. The van der Waals surface area contributed by atoms with Crippen molar-refractivity contribution in [3.8, 4) is 0 Å². The van der Waals surface area contributed by atoms with Crippen molar-refractivity contribution in [1.29, 1.82) is 0 Å². The van der Waals surface area contributed by atoms with E-state index in [1.165, 1.54) is 38.2 Å². The van der Waals surface area contributed by atoms with Gasteiger partial charge in [0.2, 0.25) is 0 Å². The fraction of sp³-hybridized carbons (Fsp3) is 0.667. The molecule has 0 atom stereocenters. The average molecular weight is 391 g/mol. The summed E-state index contributed by atoms with van der Waals surface area (Å²) in [4.78, 5) is 23.4. The normalized spacial score (nSPS) is 11.1. The van der Waals surface area contributed by atoms with E-state index < -0.39 is 11.9 Å². The van der Waals surface area contributed by atoms with E-state index >= 15 is 0 Å². The molecule has 4 heteroatoms. The van der Waals surface area contributed by atoms with Crippen LogP contribution in [0.25, 0.3) is 0 Å². The van der Waals surface area contributed by atoms with E-state index in [4.69, 9.17) is 0 Å². The number of carbonyl (C=O) groups is 2. The van der Waals surface area contributed by atoms with Gasteiger partial charge < -0.3 is 10.2 Å². The predicted molar refractivity (Wildman–Crippen MR) is 114 cm³/mol. The Morgan fingerprint density at radius 3 is 2.00 bits per heavy atom. The smallest absolute Gasteiger partial charge is 0.336 e. The number of carboxylic acids is 2. The first-order chi connectivity index (χ1) is 13.4. The lowest BCUT2D eigenvalue weighted by Crippen LogP contribution is -2.14. The molecule has 0 saturated carbocycles. The van der Waals surface area contributed by atoms with Crippen molar-refractivity contribution in [3.05, 3.63) is 34.4 Å². The second-order valence-corrected chi connectivity index (χ2v) is 8.25. The van der Waals surface area contributed by atoms with Gasteiger partial charge in [-0.1, -0.05) is 78.2 Å². The van der Waals surface area contributed by atoms with E-state index in [2.05, 4.69) is 20.8 Å². The summed E-state index contributed by atoms with van der Waals surface area (Å²) in [6.45, 7) is 6.63. The van der Waals surface area contributed by atoms with Crippen LogP contribution in [-0.4, -0.2) is 22.2 Å². The molecule has 1 aromatic rings. The third kappa shape index (κ3) is 8.45. The van der Waals surface area contributed by atoms with Gasteiger partial charge in [0, 0.05) is 0 Å². The van der Waals surface area contributed by atoms with Crippen LogP contribution in [0, 0.1) is 5.92 Å². The largest absolute Gasteiger partial charge is 0.478 e. The van der Waals surface area contributed by atoms with Crippen LogP contribution < -0.4 is 0 Å². The topological polar surface area (TPSA) is 74.6 Å². The second kappa shape index (κ2) is 13.4. The molecule has 0 aliphatic heterocycles. The van der Waals surface area contributed by atoms with Crippen LogP contribution >= 0.6 is 0 Å². The molecule has 1 rings (SSSR count). The number of aryl methyl sites for hydroxylation is 1. The van der Waals surface area contributed by atoms with Crippen LogP contribution in [0.5, 0.6) is 0 Å². The van der Waals surface area contributed by atoms with E-state index in [1.54, 1.807) is 0 Å². The molecule has 0 aliphatic carbocycles. The van der Waals surface area contributed by atoms with Gasteiger partial charge in [0.15, 0.2) is 0 Å². The van der Waals surface area contributed by atoms with Crippen LogP contribution in [-0.2, 0) is 12.8 Å². The number of hydrogen-bond acceptors (Lipinski definition) is 2. The summed E-state index contributed by atoms with van der Waals surface area (Å²) in [5.74, 6) is -1.57. The lowest BCUT2D eigenvalue weighted by molar-refractivity contribution is 0.0650. The van der Waals surface area contributed by atoms with Crippen molar-refractivity contribution in [2.45, 2.75) is 97.8 Å². The van der Waals surface area contributed by atoms with Crippen LogP contribution in [0.3, 0.4) is 0 Å². The molecule has 28 heavy (non-hydrogen) atoms. The predicted octanol–water partition coefficient (Wildman–Crippen LogP) is 6.74. The van der Waals surface area contributed by atoms with Crippen LogP contribution in [0.4, 0.5) is 0 Å². The summed E-state index contributed by atoms with van der Waals surface area (Å²) in [7, 11) is 0. The van der Waals surface area contributed by atoms with Crippen molar-refractivity contribution in [2.24, 2.45) is 5.92 Å². The molecule has 0 radical (unpaired) electrons. The maximum atomic E-state index is 11.9. The highest BCUT2D eigenvalue weighted by Gasteiger charge is 2.22. The van der Waals surface area contributed by atoms with Gasteiger partial charge in [-0.3, -0.25) is 0 Å². The molecule has 158 valence electrons. The maximum absolute atomic E-state index is 11.9. The van der Waals surface area contributed by atoms with Gasteiger partial charge in [0.05, 0.1) is 11.1 Å². The fourth-order valence-electron chi connectivity index (χ4n) is 3.76. The van der Waals surface area contributed by atoms with Crippen LogP contribution in [0.15, 0.2) is 12.1 Å². The Morgan fingerprint density at radius 1 is 0.821 bits per heavy atom. The molecule has 0 aromatic heterocycles. The van der Waals surface area contributed by atoms with Gasteiger partial charge >= 0.3 is 11.9 Å². The Hall–Kier alpha value is -1.84. The molecule has 0 unspecified atom stereocenters. The number of rotatable bonds is 15. The van der Waals surface area contributed by atoms with Crippen molar-refractivity contribution >= 4 is 11.9 Å². The summed E-state index contributed by atoms with van der Waals surface area (Å²) in [5.41, 5.74) is 1.67. The van der Waals surface area contributed by atoms with Crippen LogP contribution in [0.2, 0.25) is 0 Å². The number of benzene rings is 1. The summed E-state index contributed by atoms with van der Waals surface area (Å²) < 4.78 is 0. The van der Waals surface area contributed by atoms with Crippen molar-refractivity contribution in [2.75, 3.05) is 0 Å². The lowest BCUT2D eigenvalue weighted by atomic mass is 9.89. The Labute approximate surface area is 170 Å². The molecular formula is C24H38O4. The highest BCUT2D eigenvalue weighted by molar-refractivity contribution is 6.03. The van der Waals surface area contributed by atoms with E-state index in [1.807, 2.05) is 6.07 Å². The standard InChI is InChI=1S/C24H38O4/c1-4-5-6-7-11-14-19-16-17-21(23(25)26)22(24(27)28)20(19)15-12-9-8-10-13-18(2)3/h16-18H,4-15H2,1-3H3,(H,25,26)(H,27,28). The number of carboxylic acid groups (broad SMARTS) is 2. The highest BCUT2D eigenvalue weighted by atomic mass is 16.4. The van der Waals surface area contributed by atoms with E-state index in [-0.39, 0.29) is 11.1 Å². The van der Waals surface area contributed by atoms with Crippen molar-refractivity contribution < 1.29 is 19.8 Å². The van der Waals surface area contributed by atoms with Crippen molar-refractivity contribution in [3.63, 3.8) is 0 Å². The number of hydrogen-bond donors (Lipinski definition) is 2. The Bertz CT molecular complexity index is 619. The lowest BCUT2D eigenvalue weighted by Gasteiger charge is -2.15.